The zero-order chi connectivity index (χ0) is 33.5. The molecule has 1 fully saturated rings. The number of rotatable bonds is 7. The minimum absolute atomic E-state index is 0.108. The van der Waals surface area contributed by atoms with Crippen LogP contribution in [0.15, 0.2) is 53.4 Å². The predicted octanol–water partition coefficient (Wildman–Crippen LogP) is 5.28. The number of nitrogens with zero attached hydrogens (tertiary/aromatic N) is 4. The smallest absolute Gasteiger partial charge is 0.487 e. The van der Waals surface area contributed by atoms with Crippen molar-refractivity contribution >= 4 is 39.7 Å². The van der Waals surface area contributed by atoms with E-state index in [9.17, 15) is 32.3 Å². The second-order valence-electron chi connectivity index (χ2n) is 12.1. The van der Waals surface area contributed by atoms with Crippen LogP contribution < -0.4 is 4.74 Å². The Morgan fingerprint density at radius 1 is 1.06 bits per heavy atom. The van der Waals surface area contributed by atoms with Gasteiger partial charge in [-0.1, -0.05) is 47.0 Å². The van der Waals surface area contributed by atoms with Gasteiger partial charge < -0.3 is 23.8 Å². The van der Waals surface area contributed by atoms with Crippen molar-refractivity contribution in [1.82, 2.24) is 19.4 Å². The number of fused-ring (bicyclic) bond motifs is 2. The summed E-state index contributed by atoms with van der Waals surface area (Å²) >= 11 is 3.65. The molecule has 1 saturated carbocycles. The summed E-state index contributed by atoms with van der Waals surface area (Å²) in [6.07, 6.45) is -0.0226. The minimum atomic E-state index is -5.34. The maximum absolute atomic E-state index is 14.5. The molecular weight excluding hydrogens is 685 g/mol. The lowest BCUT2D eigenvalue weighted by atomic mass is 9.77. The number of esters is 2. The van der Waals surface area contributed by atoms with Gasteiger partial charge in [-0.25, -0.2) is 9.78 Å². The second kappa shape index (κ2) is 13.1. The summed E-state index contributed by atoms with van der Waals surface area (Å²) in [5.41, 5.74) is 3.72. The van der Waals surface area contributed by atoms with Crippen LogP contribution in [-0.4, -0.2) is 62.4 Å². The Kier molecular flexibility index (Phi) is 9.14. The Balaban J connectivity index is 1.35. The summed E-state index contributed by atoms with van der Waals surface area (Å²) in [6, 6.07) is 10.2. The fourth-order valence-electron chi connectivity index (χ4n) is 6.87. The summed E-state index contributed by atoms with van der Waals surface area (Å²) in [5.74, 6) is -6.31. The van der Waals surface area contributed by atoms with E-state index >= 15 is 0 Å². The lowest BCUT2D eigenvalue weighted by molar-refractivity contribution is -0.204. The van der Waals surface area contributed by atoms with E-state index in [2.05, 4.69) is 25.7 Å². The van der Waals surface area contributed by atoms with Crippen molar-refractivity contribution in [3.8, 4) is 5.75 Å². The quantitative estimate of drug-likeness (QED) is 0.242. The van der Waals surface area contributed by atoms with Crippen molar-refractivity contribution in [3.05, 3.63) is 81.3 Å². The Morgan fingerprint density at radius 3 is 2.51 bits per heavy atom. The molecule has 47 heavy (non-hydrogen) atoms. The molecule has 6 rings (SSSR count). The highest BCUT2D eigenvalue weighted by atomic mass is 79.9. The average Bonchev–Trinajstić information content (AvgIpc) is 3.61. The highest BCUT2D eigenvalue weighted by Gasteiger charge is 2.47. The number of ether oxygens (including phenoxy) is 2. The molecule has 248 valence electrons. The van der Waals surface area contributed by atoms with Gasteiger partial charge in [-0.3, -0.25) is 14.4 Å². The van der Waals surface area contributed by atoms with Gasteiger partial charge >= 0.3 is 18.1 Å². The zero-order valence-corrected chi connectivity index (χ0v) is 27.1. The number of imidazole rings is 1. The first-order valence-electron chi connectivity index (χ1n) is 15.3. The molecule has 14 heteroatoms. The molecule has 0 N–H and O–H groups in total. The van der Waals surface area contributed by atoms with Crippen molar-refractivity contribution in [2.24, 2.45) is 18.9 Å². The van der Waals surface area contributed by atoms with E-state index in [-0.39, 0.29) is 38.4 Å². The van der Waals surface area contributed by atoms with Crippen LogP contribution >= 0.6 is 15.9 Å². The molecule has 3 aromatic rings. The Morgan fingerprint density at radius 2 is 1.81 bits per heavy atom. The molecule has 0 spiro atoms. The minimum Gasteiger partial charge on any atom is -0.487 e. The van der Waals surface area contributed by atoms with Gasteiger partial charge in [0, 0.05) is 48.5 Å². The third-order valence-electron chi connectivity index (χ3n) is 9.09. The van der Waals surface area contributed by atoms with Crippen LogP contribution in [-0.2, 0) is 45.7 Å². The first kappa shape index (κ1) is 32.7. The summed E-state index contributed by atoms with van der Waals surface area (Å²) in [5, 5.41) is 0. The van der Waals surface area contributed by atoms with Gasteiger partial charge in [-0.05, 0) is 48.6 Å². The first-order valence-corrected chi connectivity index (χ1v) is 16.1. The van der Waals surface area contributed by atoms with Crippen molar-refractivity contribution < 1.29 is 41.8 Å². The first-order chi connectivity index (χ1) is 22.4. The molecule has 2 aromatic carbocycles. The molecule has 2 aliphatic heterocycles. The number of alkyl halides is 3. The number of benzene rings is 2. The topological polar surface area (TPSA) is 111 Å². The predicted molar refractivity (Wildman–Crippen MR) is 164 cm³/mol. The summed E-state index contributed by atoms with van der Waals surface area (Å²) in [7, 11) is 1.84. The largest absolute Gasteiger partial charge is 0.491 e. The van der Waals surface area contributed by atoms with E-state index in [1.165, 1.54) is 0 Å². The summed E-state index contributed by atoms with van der Waals surface area (Å²) in [6.45, 7) is 0.816. The number of hydrogen-bond donors (Lipinski definition) is 0. The van der Waals surface area contributed by atoms with Crippen LogP contribution in [0.2, 0.25) is 0 Å². The van der Waals surface area contributed by atoms with Crippen molar-refractivity contribution in [3.63, 3.8) is 0 Å². The van der Waals surface area contributed by atoms with Crippen LogP contribution in [0.25, 0.3) is 0 Å². The van der Waals surface area contributed by atoms with E-state index in [4.69, 9.17) is 4.74 Å². The maximum Gasteiger partial charge on any atom is 0.491 e. The van der Waals surface area contributed by atoms with Gasteiger partial charge in [0.15, 0.2) is 0 Å². The van der Waals surface area contributed by atoms with Crippen molar-refractivity contribution in [2.75, 3.05) is 13.1 Å². The third-order valence-corrected chi connectivity index (χ3v) is 9.83. The Labute approximate surface area is 276 Å². The second-order valence-corrected chi connectivity index (χ2v) is 13.0. The molecule has 0 radical (unpaired) electrons. The lowest BCUT2D eigenvalue weighted by Crippen LogP contribution is -2.50. The van der Waals surface area contributed by atoms with E-state index in [0.29, 0.717) is 48.4 Å². The van der Waals surface area contributed by atoms with Crippen molar-refractivity contribution in [1.29, 1.82) is 0 Å². The van der Waals surface area contributed by atoms with E-state index < -0.39 is 41.9 Å². The molecule has 0 unspecified atom stereocenters. The molecular formula is C33H32BrF3N4O6. The standard InChI is InChI=1S/C33H32BrF3N4O6/c1-39-15-20(38-18-39)17-46-27-11-10-25(34)24-12-13-41(26(28(24)27)16-40-14-19-6-2-3-7-21(19)29(40)42)30(43)22-8-4-5-9-23(22)31(44)47-32(45)33(35,36)37/h2-3,6-7,10-11,15,18,22-23,26H,4-5,8-9,12-14,16-17H2,1H3/t22-,23+,26-/m1/s1. The molecule has 1 aliphatic carbocycles. The molecule has 1 aromatic heterocycles. The third kappa shape index (κ3) is 6.65. The normalized spacial score (nSPS) is 20.9. The van der Waals surface area contributed by atoms with E-state index in [1.54, 1.807) is 38.9 Å². The number of aryl methyl sites for hydroxylation is 1. The van der Waals surface area contributed by atoms with Gasteiger partial charge in [-0.15, -0.1) is 0 Å². The fourth-order valence-corrected chi connectivity index (χ4v) is 7.41. The van der Waals surface area contributed by atoms with Crippen LogP contribution in [0.4, 0.5) is 13.2 Å². The average molecular weight is 718 g/mol. The Hall–Kier alpha value is -4.20. The lowest BCUT2D eigenvalue weighted by Gasteiger charge is -2.43. The fraction of sp³-hybridized carbons (Fsp3) is 0.424. The van der Waals surface area contributed by atoms with Gasteiger partial charge in [0.2, 0.25) is 5.91 Å². The number of carbonyl (C=O) groups is 4. The molecule has 0 saturated heterocycles. The number of halogens is 4. The van der Waals surface area contributed by atoms with Gasteiger partial charge in [0.25, 0.3) is 5.91 Å². The molecule has 3 heterocycles. The number of aromatic nitrogens is 2. The van der Waals surface area contributed by atoms with Crippen LogP contribution in [0.5, 0.6) is 5.75 Å². The van der Waals surface area contributed by atoms with E-state index in [1.807, 2.05) is 31.4 Å². The molecule has 10 nitrogen and oxygen atoms in total. The van der Waals surface area contributed by atoms with Gasteiger partial charge in [0.1, 0.15) is 12.4 Å². The number of hydrogen-bond acceptors (Lipinski definition) is 7. The monoisotopic (exact) mass is 716 g/mol. The van der Waals surface area contributed by atoms with Crippen LogP contribution in [0.1, 0.15) is 64.5 Å². The molecule has 3 atom stereocenters. The number of amides is 2. The van der Waals surface area contributed by atoms with Gasteiger partial charge in [0.05, 0.1) is 29.9 Å². The summed E-state index contributed by atoms with van der Waals surface area (Å²) < 4.78 is 51.9. The van der Waals surface area contributed by atoms with Crippen LogP contribution in [0, 0.1) is 11.8 Å². The van der Waals surface area contributed by atoms with Crippen LogP contribution in [0.3, 0.4) is 0 Å². The van der Waals surface area contributed by atoms with Gasteiger partial charge in [-0.2, -0.15) is 13.2 Å². The summed E-state index contributed by atoms with van der Waals surface area (Å²) in [4.78, 5) is 60.0. The van der Waals surface area contributed by atoms with Crippen molar-refractivity contribution in [2.45, 2.75) is 57.5 Å². The highest BCUT2D eigenvalue weighted by molar-refractivity contribution is 9.10. The number of carbonyl (C=O) groups excluding carboxylic acids is 4. The molecule has 2 amide bonds. The highest BCUT2D eigenvalue weighted by Crippen LogP contribution is 2.44. The van der Waals surface area contributed by atoms with E-state index in [0.717, 1.165) is 15.6 Å². The molecule has 0 bridgehead atoms. The Bertz CT molecular complexity index is 1730. The zero-order valence-electron chi connectivity index (χ0n) is 25.5. The molecule has 3 aliphatic rings. The SMILES string of the molecule is Cn1cnc(COc2ccc(Br)c3c2[C@@H](CN2Cc4ccccc4C2=O)N(C(=O)[C@@H]2CCCC[C@@H]2C(=O)OC(=O)C(F)(F)F)CC3)c1. The maximum atomic E-state index is 14.5.